The van der Waals surface area contributed by atoms with Gasteiger partial charge in [0.05, 0.1) is 15.5 Å². The van der Waals surface area contributed by atoms with Crippen molar-refractivity contribution in [3.8, 4) is 11.4 Å². The van der Waals surface area contributed by atoms with Crippen molar-refractivity contribution in [3.05, 3.63) is 52.3 Å². The van der Waals surface area contributed by atoms with Gasteiger partial charge in [-0.3, -0.25) is 0 Å². The number of H-pyrrole nitrogens is 1. The fourth-order valence-corrected chi connectivity index (χ4v) is 2.37. The Morgan fingerprint density at radius 2 is 1.95 bits per heavy atom. The number of hydrogen-bond donors (Lipinski definition) is 1. The summed E-state index contributed by atoms with van der Waals surface area (Å²) in [6.07, 6.45) is 1.01. The molecule has 0 saturated carbocycles. The van der Waals surface area contributed by atoms with Gasteiger partial charge in [-0.25, -0.2) is 9.37 Å². The van der Waals surface area contributed by atoms with Crippen LogP contribution in [0.25, 0.3) is 22.4 Å². The van der Waals surface area contributed by atoms with E-state index < -0.39 is 0 Å². The molecule has 1 aromatic heterocycles. The van der Waals surface area contributed by atoms with Gasteiger partial charge in [0.1, 0.15) is 11.6 Å². The van der Waals surface area contributed by atoms with Crippen LogP contribution in [0.3, 0.4) is 0 Å². The number of aromatic nitrogens is 2. The minimum atomic E-state index is -0.288. The second kappa shape index (κ2) is 4.78. The van der Waals surface area contributed by atoms with Crippen LogP contribution in [0.4, 0.5) is 4.39 Å². The second-order valence-corrected chi connectivity index (χ2v) is 5.27. The summed E-state index contributed by atoms with van der Waals surface area (Å²) in [5, 5.41) is 0. The van der Waals surface area contributed by atoms with Crippen LogP contribution in [0, 0.1) is 5.82 Å². The first-order valence-electron chi connectivity index (χ1n) is 6.11. The SMILES string of the molecule is CCc1ccc(-c2nc3cc(Br)c(F)cc3[nH]2)cc1. The highest BCUT2D eigenvalue weighted by atomic mass is 79.9. The van der Waals surface area contributed by atoms with E-state index in [-0.39, 0.29) is 5.82 Å². The largest absolute Gasteiger partial charge is 0.338 e. The molecule has 1 N–H and O–H groups in total. The van der Waals surface area contributed by atoms with Crippen LogP contribution in [-0.4, -0.2) is 9.97 Å². The maximum Gasteiger partial charge on any atom is 0.139 e. The van der Waals surface area contributed by atoms with Crippen molar-refractivity contribution in [2.75, 3.05) is 0 Å². The molecule has 2 aromatic carbocycles. The van der Waals surface area contributed by atoms with E-state index in [4.69, 9.17) is 0 Å². The van der Waals surface area contributed by atoms with Gasteiger partial charge < -0.3 is 4.98 Å². The summed E-state index contributed by atoms with van der Waals surface area (Å²) in [7, 11) is 0. The fourth-order valence-electron chi connectivity index (χ4n) is 2.04. The zero-order valence-electron chi connectivity index (χ0n) is 10.4. The number of nitrogens with one attached hydrogen (secondary N) is 1. The monoisotopic (exact) mass is 318 g/mol. The molecule has 4 heteroatoms. The highest BCUT2D eigenvalue weighted by molar-refractivity contribution is 9.10. The molecule has 0 fully saturated rings. The molecule has 0 aliphatic heterocycles. The summed E-state index contributed by atoms with van der Waals surface area (Å²) in [5.41, 5.74) is 3.75. The van der Waals surface area contributed by atoms with Crippen LogP contribution in [0.1, 0.15) is 12.5 Å². The fraction of sp³-hybridized carbons (Fsp3) is 0.133. The van der Waals surface area contributed by atoms with Crippen molar-refractivity contribution in [1.82, 2.24) is 9.97 Å². The van der Waals surface area contributed by atoms with Crippen LogP contribution < -0.4 is 0 Å². The number of hydrogen-bond acceptors (Lipinski definition) is 1. The van der Waals surface area contributed by atoms with E-state index in [0.717, 1.165) is 23.3 Å². The Morgan fingerprint density at radius 1 is 1.21 bits per heavy atom. The van der Waals surface area contributed by atoms with E-state index in [1.807, 2.05) is 12.1 Å². The van der Waals surface area contributed by atoms with Crippen molar-refractivity contribution in [3.63, 3.8) is 0 Å². The highest BCUT2D eigenvalue weighted by Crippen LogP contribution is 2.25. The predicted molar refractivity (Wildman–Crippen MR) is 78.6 cm³/mol. The van der Waals surface area contributed by atoms with E-state index >= 15 is 0 Å². The summed E-state index contributed by atoms with van der Waals surface area (Å²) in [6.45, 7) is 2.12. The Hall–Kier alpha value is -1.68. The van der Waals surface area contributed by atoms with E-state index in [0.29, 0.717) is 9.99 Å². The first kappa shape index (κ1) is 12.4. The van der Waals surface area contributed by atoms with Crippen molar-refractivity contribution < 1.29 is 4.39 Å². The molecule has 0 bridgehead atoms. The van der Waals surface area contributed by atoms with Crippen molar-refractivity contribution in [2.24, 2.45) is 0 Å². The molecular weight excluding hydrogens is 307 g/mol. The van der Waals surface area contributed by atoms with Crippen LogP contribution in [0.2, 0.25) is 0 Å². The number of benzene rings is 2. The molecule has 3 aromatic rings. The van der Waals surface area contributed by atoms with Crippen molar-refractivity contribution >= 4 is 27.0 Å². The van der Waals surface area contributed by atoms with E-state index in [2.05, 4.69) is 45.0 Å². The lowest BCUT2D eigenvalue weighted by atomic mass is 10.1. The second-order valence-electron chi connectivity index (χ2n) is 4.42. The van der Waals surface area contributed by atoms with E-state index in [1.54, 1.807) is 6.07 Å². The Bertz CT molecular complexity index is 693. The molecule has 3 rings (SSSR count). The van der Waals surface area contributed by atoms with Gasteiger partial charge >= 0.3 is 0 Å². The van der Waals surface area contributed by atoms with Crippen LogP contribution in [-0.2, 0) is 6.42 Å². The summed E-state index contributed by atoms with van der Waals surface area (Å²) in [4.78, 5) is 7.63. The molecule has 19 heavy (non-hydrogen) atoms. The minimum absolute atomic E-state index is 0.288. The molecule has 0 unspecified atom stereocenters. The van der Waals surface area contributed by atoms with Gasteiger partial charge in [0.15, 0.2) is 0 Å². The first-order chi connectivity index (χ1) is 9.17. The molecule has 0 spiro atoms. The Labute approximate surface area is 118 Å². The number of imidazole rings is 1. The Balaban J connectivity index is 2.09. The summed E-state index contributed by atoms with van der Waals surface area (Å²) >= 11 is 3.17. The predicted octanol–water partition coefficient (Wildman–Crippen LogP) is 4.69. The molecule has 2 nitrogen and oxygen atoms in total. The molecule has 0 atom stereocenters. The normalized spacial score (nSPS) is 11.1. The third kappa shape index (κ3) is 2.28. The maximum atomic E-state index is 13.5. The standard InChI is InChI=1S/C15H12BrFN2/c1-2-9-3-5-10(6-4-9)15-18-13-7-11(16)12(17)8-14(13)19-15/h3-8H,2H2,1H3,(H,18,19). The van der Waals surface area contributed by atoms with Gasteiger partial charge in [-0.2, -0.15) is 0 Å². The molecular formula is C15H12BrFN2. The Kier molecular flexibility index (Phi) is 3.11. The van der Waals surface area contributed by atoms with E-state index in [9.17, 15) is 4.39 Å². The lowest BCUT2D eigenvalue weighted by Crippen LogP contribution is -1.82. The highest BCUT2D eigenvalue weighted by Gasteiger charge is 2.08. The number of aryl methyl sites for hydroxylation is 1. The number of nitrogens with zero attached hydrogens (tertiary/aromatic N) is 1. The molecule has 1 heterocycles. The zero-order chi connectivity index (χ0) is 13.4. The van der Waals surface area contributed by atoms with Gasteiger partial charge in [0.25, 0.3) is 0 Å². The molecule has 96 valence electrons. The molecule has 0 radical (unpaired) electrons. The zero-order valence-corrected chi connectivity index (χ0v) is 12.0. The molecule has 0 aliphatic rings. The smallest absolute Gasteiger partial charge is 0.139 e. The first-order valence-corrected chi connectivity index (χ1v) is 6.90. The molecule has 0 amide bonds. The summed E-state index contributed by atoms with van der Waals surface area (Å²) in [5.74, 6) is 0.471. The average Bonchev–Trinajstić information content (AvgIpc) is 2.82. The topological polar surface area (TPSA) is 28.7 Å². The van der Waals surface area contributed by atoms with Gasteiger partial charge in [-0.15, -0.1) is 0 Å². The summed E-state index contributed by atoms with van der Waals surface area (Å²) < 4.78 is 13.9. The van der Waals surface area contributed by atoms with Crippen molar-refractivity contribution in [2.45, 2.75) is 13.3 Å². The van der Waals surface area contributed by atoms with Crippen LogP contribution in [0.5, 0.6) is 0 Å². The maximum absolute atomic E-state index is 13.5. The number of fused-ring (bicyclic) bond motifs is 1. The molecule has 0 saturated heterocycles. The van der Waals surface area contributed by atoms with Gasteiger partial charge in [-0.05, 0) is 34.0 Å². The van der Waals surface area contributed by atoms with Crippen LogP contribution >= 0.6 is 15.9 Å². The van der Waals surface area contributed by atoms with Gasteiger partial charge in [0, 0.05) is 11.6 Å². The summed E-state index contributed by atoms with van der Waals surface area (Å²) in [6, 6.07) is 11.4. The minimum Gasteiger partial charge on any atom is -0.338 e. The third-order valence-corrected chi connectivity index (χ3v) is 3.77. The van der Waals surface area contributed by atoms with Crippen molar-refractivity contribution in [1.29, 1.82) is 0 Å². The molecule has 0 aliphatic carbocycles. The third-order valence-electron chi connectivity index (χ3n) is 3.16. The quantitative estimate of drug-likeness (QED) is 0.729. The lowest BCUT2D eigenvalue weighted by molar-refractivity contribution is 0.623. The number of halogens is 2. The van der Waals surface area contributed by atoms with Crippen LogP contribution in [0.15, 0.2) is 40.9 Å². The number of rotatable bonds is 2. The van der Waals surface area contributed by atoms with E-state index in [1.165, 1.54) is 11.6 Å². The lowest BCUT2D eigenvalue weighted by Gasteiger charge is -1.98. The average molecular weight is 319 g/mol. The van der Waals surface area contributed by atoms with Gasteiger partial charge in [0.2, 0.25) is 0 Å². The van der Waals surface area contributed by atoms with Gasteiger partial charge in [-0.1, -0.05) is 31.2 Å². The Morgan fingerprint density at radius 3 is 2.63 bits per heavy atom. The number of aromatic amines is 1.